The van der Waals surface area contributed by atoms with Gasteiger partial charge in [-0.1, -0.05) is 32.6 Å². The highest BCUT2D eigenvalue weighted by Gasteiger charge is 2.12. The molecule has 0 spiro atoms. The standard InChI is InChI=1S/C11H16BrClS/c1-2-3-4-5-6-10(13)11-9(12)7-8-14-11/h7-8,10H,2-6H2,1H3. The van der Waals surface area contributed by atoms with Crippen molar-refractivity contribution < 1.29 is 0 Å². The molecular weight excluding hydrogens is 280 g/mol. The van der Waals surface area contributed by atoms with Crippen LogP contribution in [0.4, 0.5) is 0 Å². The molecule has 3 heteroatoms. The predicted molar refractivity (Wildman–Crippen MR) is 69.4 cm³/mol. The number of alkyl halides is 1. The van der Waals surface area contributed by atoms with Crippen molar-refractivity contribution in [3.05, 3.63) is 20.8 Å². The molecule has 0 radical (unpaired) electrons. The second-order valence-electron chi connectivity index (χ2n) is 3.45. The Hall–Kier alpha value is 0.470. The van der Waals surface area contributed by atoms with Gasteiger partial charge in [0.15, 0.2) is 0 Å². The quantitative estimate of drug-likeness (QED) is 0.462. The zero-order valence-corrected chi connectivity index (χ0v) is 11.6. The van der Waals surface area contributed by atoms with Gasteiger partial charge in [-0.3, -0.25) is 0 Å². The molecule has 0 bridgehead atoms. The van der Waals surface area contributed by atoms with Gasteiger partial charge < -0.3 is 0 Å². The molecule has 0 saturated heterocycles. The van der Waals surface area contributed by atoms with Gasteiger partial charge in [0.25, 0.3) is 0 Å². The van der Waals surface area contributed by atoms with Gasteiger partial charge in [0.2, 0.25) is 0 Å². The topological polar surface area (TPSA) is 0 Å². The van der Waals surface area contributed by atoms with Gasteiger partial charge in [0.05, 0.1) is 5.38 Å². The summed E-state index contributed by atoms with van der Waals surface area (Å²) in [5.41, 5.74) is 0. The Labute approximate surface area is 104 Å². The number of thiophene rings is 1. The molecule has 1 atom stereocenters. The van der Waals surface area contributed by atoms with E-state index < -0.39 is 0 Å². The summed E-state index contributed by atoms with van der Waals surface area (Å²) in [5.74, 6) is 0. The van der Waals surface area contributed by atoms with E-state index >= 15 is 0 Å². The monoisotopic (exact) mass is 294 g/mol. The van der Waals surface area contributed by atoms with E-state index in [0.717, 1.165) is 10.9 Å². The molecule has 14 heavy (non-hydrogen) atoms. The Morgan fingerprint density at radius 3 is 2.79 bits per heavy atom. The first-order valence-electron chi connectivity index (χ1n) is 5.12. The summed E-state index contributed by atoms with van der Waals surface area (Å²) in [6.07, 6.45) is 6.26. The molecule has 0 saturated carbocycles. The lowest BCUT2D eigenvalue weighted by atomic mass is 10.1. The van der Waals surface area contributed by atoms with Crippen LogP contribution in [0.5, 0.6) is 0 Å². The Morgan fingerprint density at radius 2 is 2.21 bits per heavy atom. The minimum Gasteiger partial charge on any atom is -0.146 e. The highest BCUT2D eigenvalue weighted by Crippen LogP contribution is 2.36. The summed E-state index contributed by atoms with van der Waals surface area (Å²) in [4.78, 5) is 1.28. The fraction of sp³-hybridized carbons (Fsp3) is 0.636. The third-order valence-electron chi connectivity index (χ3n) is 2.24. The van der Waals surface area contributed by atoms with Gasteiger partial charge in [0.1, 0.15) is 0 Å². The van der Waals surface area contributed by atoms with Gasteiger partial charge in [-0.25, -0.2) is 0 Å². The summed E-state index contributed by atoms with van der Waals surface area (Å²) in [7, 11) is 0. The first kappa shape index (κ1) is 12.5. The van der Waals surface area contributed by atoms with Crippen LogP contribution >= 0.6 is 38.9 Å². The van der Waals surface area contributed by atoms with Gasteiger partial charge in [-0.05, 0) is 33.8 Å². The molecule has 0 aliphatic carbocycles. The molecule has 80 valence electrons. The molecule has 1 rings (SSSR count). The lowest BCUT2D eigenvalue weighted by Crippen LogP contribution is -1.88. The normalized spacial score (nSPS) is 13.1. The van der Waals surface area contributed by atoms with E-state index in [2.05, 4.69) is 34.3 Å². The molecule has 0 amide bonds. The molecule has 1 heterocycles. The summed E-state index contributed by atoms with van der Waals surface area (Å²) < 4.78 is 1.16. The van der Waals surface area contributed by atoms with Crippen molar-refractivity contribution in [1.29, 1.82) is 0 Å². The molecule has 0 aliphatic rings. The highest BCUT2D eigenvalue weighted by molar-refractivity contribution is 9.10. The SMILES string of the molecule is CCCCCCC(Cl)c1sccc1Br. The lowest BCUT2D eigenvalue weighted by molar-refractivity contribution is 0.626. The van der Waals surface area contributed by atoms with E-state index in [9.17, 15) is 0 Å². The van der Waals surface area contributed by atoms with Gasteiger partial charge >= 0.3 is 0 Å². The second kappa shape index (κ2) is 6.86. The third-order valence-corrected chi connectivity index (χ3v) is 4.79. The zero-order valence-electron chi connectivity index (χ0n) is 8.43. The zero-order chi connectivity index (χ0) is 10.4. The number of rotatable bonds is 6. The Bertz CT molecular complexity index is 260. The maximum Gasteiger partial charge on any atom is 0.0689 e. The number of hydrogen-bond acceptors (Lipinski definition) is 1. The fourth-order valence-electron chi connectivity index (χ4n) is 1.41. The van der Waals surface area contributed by atoms with Crippen molar-refractivity contribution >= 4 is 38.9 Å². The summed E-state index contributed by atoms with van der Waals surface area (Å²) >= 11 is 11.6. The fourth-order valence-corrected chi connectivity index (χ4v) is 3.63. The average Bonchev–Trinajstić information content (AvgIpc) is 2.59. The summed E-state index contributed by atoms with van der Waals surface area (Å²) in [6, 6.07) is 2.07. The van der Waals surface area contributed by atoms with Crippen LogP contribution in [-0.4, -0.2) is 0 Å². The van der Waals surface area contributed by atoms with Crippen LogP contribution in [0, 0.1) is 0 Å². The first-order valence-corrected chi connectivity index (χ1v) is 7.23. The van der Waals surface area contributed by atoms with Crippen LogP contribution in [-0.2, 0) is 0 Å². The summed E-state index contributed by atoms with van der Waals surface area (Å²) in [6.45, 7) is 2.23. The molecule has 0 aromatic carbocycles. The summed E-state index contributed by atoms with van der Waals surface area (Å²) in [5, 5.41) is 2.28. The number of halogens is 2. The van der Waals surface area contributed by atoms with Crippen molar-refractivity contribution in [2.45, 2.75) is 44.4 Å². The Balaban J connectivity index is 2.28. The van der Waals surface area contributed by atoms with Crippen molar-refractivity contribution in [2.24, 2.45) is 0 Å². The Kier molecular flexibility index (Phi) is 6.15. The minimum atomic E-state index is 0.196. The molecule has 0 aliphatic heterocycles. The van der Waals surface area contributed by atoms with Crippen LogP contribution in [0.25, 0.3) is 0 Å². The van der Waals surface area contributed by atoms with Gasteiger partial charge in [-0.15, -0.1) is 22.9 Å². The maximum atomic E-state index is 6.31. The average molecular weight is 296 g/mol. The van der Waals surface area contributed by atoms with E-state index in [0.29, 0.717) is 0 Å². The maximum absolute atomic E-state index is 6.31. The molecule has 0 fully saturated rings. The van der Waals surface area contributed by atoms with E-state index in [4.69, 9.17) is 11.6 Å². The highest BCUT2D eigenvalue weighted by atomic mass is 79.9. The largest absolute Gasteiger partial charge is 0.146 e. The molecular formula is C11H16BrClS. The minimum absolute atomic E-state index is 0.196. The van der Waals surface area contributed by atoms with E-state index in [1.54, 1.807) is 11.3 Å². The molecule has 1 unspecified atom stereocenters. The van der Waals surface area contributed by atoms with Gasteiger partial charge in [0, 0.05) is 9.35 Å². The van der Waals surface area contributed by atoms with Crippen molar-refractivity contribution in [1.82, 2.24) is 0 Å². The van der Waals surface area contributed by atoms with Crippen molar-refractivity contribution in [3.63, 3.8) is 0 Å². The number of unbranched alkanes of at least 4 members (excludes halogenated alkanes) is 3. The molecule has 1 aromatic heterocycles. The lowest BCUT2D eigenvalue weighted by Gasteiger charge is -2.07. The van der Waals surface area contributed by atoms with E-state index in [1.807, 2.05) is 0 Å². The van der Waals surface area contributed by atoms with E-state index in [-0.39, 0.29) is 5.38 Å². The van der Waals surface area contributed by atoms with Crippen LogP contribution in [0.3, 0.4) is 0 Å². The van der Waals surface area contributed by atoms with Crippen LogP contribution < -0.4 is 0 Å². The first-order chi connectivity index (χ1) is 6.75. The predicted octanol–water partition coefficient (Wildman–Crippen LogP) is 5.76. The van der Waals surface area contributed by atoms with Crippen LogP contribution in [0.2, 0.25) is 0 Å². The van der Waals surface area contributed by atoms with Crippen LogP contribution in [0.1, 0.15) is 49.3 Å². The number of hydrogen-bond donors (Lipinski definition) is 0. The van der Waals surface area contributed by atoms with E-state index in [1.165, 1.54) is 30.6 Å². The smallest absolute Gasteiger partial charge is 0.0689 e. The van der Waals surface area contributed by atoms with Gasteiger partial charge in [-0.2, -0.15) is 0 Å². The van der Waals surface area contributed by atoms with Crippen LogP contribution in [0.15, 0.2) is 15.9 Å². The third kappa shape index (κ3) is 3.92. The van der Waals surface area contributed by atoms with Crippen molar-refractivity contribution in [3.8, 4) is 0 Å². The van der Waals surface area contributed by atoms with Crippen molar-refractivity contribution in [2.75, 3.05) is 0 Å². The Morgan fingerprint density at radius 1 is 1.43 bits per heavy atom. The molecule has 0 nitrogen and oxygen atoms in total. The molecule has 0 N–H and O–H groups in total. The molecule has 1 aromatic rings. The second-order valence-corrected chi connectivity index (χ2v) is 5.78.